The van der Waals surface area contributed by atoms with Crippen molar-refractivity contribution in [3.05, 3.63) is 60.2 Å². The highest BCUT2D eigenvalue weighted by molar-refractivity contribution is 7.85. The summed E-state index contributed by atoms with van der Waals surface area (Å²) in [6.07, 6.45) is 2.10. The zero-order valence-electron chi connectivity index (χ0n) is 13.4. The first-order chi connectivity index (χ1) is 11.5. The van der Waals surface area contributed by atoms with Gasteiger partial charge in [0.1, 0.15) is 0 Å². The summed E-state index contributed by atoms with van der Waals surface area (Å²) < 4.78 is 31.1. The van der Waals surface area contributed by atoms with Crippen molar-refractivity contribution in [3.8, 4) is 0 Å². The summed E-state index contributed by atoms with van der Waals surface area (Å²) in [6.45, 7) is 3.06. The van der Waals surface area contributed by atoms with E-state index in [-0.39, 0.29) is 4.90 Å². The number of benzene rings is 2. The molecule has 5 nitrogen and oxygen atoms in total. The average Bonchev–Trinajstić information content (AvgIpc) is 2.57. The van der Waals surface area contributed by atoms with E-state index in [0.717, 1.165) is 38.2 Å². The van der Waals surface area contributed by atoms with E-state index >= 15 is 0 Å². The van der Waals surface area contributed by atoms with Gasteiger partial charge in [0.05, 0.1) is 4.90 Å². The van der Waals surface area contributed by atoms with E-state index in [9.17, 15) is 8.42 Å². The van der Waals surface area contributed by atoms with Gasteiger partial charge in [-0.3, -0.25) is 9.45 Å². The van der Waals surface area contributed by atoms with Crippen LogP contribution in [0.15, 0.2) is 59.5 Å². The number of rotatable bonds is 5. The molecule has 2 aromatic carbocycles. The minimum Gasteiger partial charge on any atom is -0.382 e. The van der Waals surface area contributed by atoms with Crippen molar-refractivity contribution in [3.63, 3.8) is 0 Å². The normalized spacial score (nSPS) is 16.9. The first kappa shape index (κ1) is 17.0. The third kappa shape index (κ3) is 4.56. The molecule has 0 spiro atoms. The van der Waals surface area contributed by atoms with E-state index in [0.29, 0.717) is 6.04 Å². The molecule has 6 heteroatoms. The zero-order valence-corrected chi connectivity index (χ0v) is 14.2. The van der Waals surface area contributed by atoms with Gasteiger partial charge in [-0.05, 0) is 42.7 Å². The lowest BCUT2D eigenvalue weighted by Crippen LogP contribution is -2.38. The Balaban J connectivity index is 1.50. The van der Waals surface area contributed by atoms with Crippen LogP contribution in [0.3, 0.4) is 0 Å². The summed E-state index contributed by atoms with van der Waals surface area (Å²) in [6, 6.07) is 17.1. The van der Waals surface area contributed by atoms with Crippen LogP contribution in [0.25, 0.3) is 0 Å². The van der Waals surface area contributed by atoms with Gasteiger partial charge in [-0.25, -0.2) is 0 Å². The van der Waals surface area contributed by atoms with Crippen LogP contribution in [0.2, 0.25) is 0 Å². The monoisotopic (exact) mass is 346 g/mol. The SMILES string of the molecule is O=S(=O)(O)c1ccc(NC2CCN(Cc3ccccc3)CC2)cc1. The average molecular weight is 346 g/mol. The highest BCUT2D eigenvalue weighted by Crippen LogP contribution is 2.19. The topological polar surface area (TPSA) is 69.6 Å². The van der Waals surface area contributed by atoms with E-state index in [2.05, 4.69) is 34.5 Å². The molecular formula is C18H22N2O3S. The summed E-state index contributed by atoms with van der Waals surface area (Å²) in [5.74, 6) is 0. The molecule has 0 radical (unpaired) electrons. The fourth-order valence-electron chi connectivity index (χ4n) is 3.04. The lowest BCUT2D eigenvalue weighted by Gasteiger charge is -2.33. The molecule has 1 saturated heterocycles. The van der Waals surface area contributed by atoms with Crippen molar-refractivity contribution in [2.45, 2.75) is 30.3 Å². The molecule has 0 aromatic heterocycles. The standard InChI is InChI=1S/C18H22N2O3S/c21-24(22,23)18-8-6-16(7-9-18)19-17-10-12-20(13-11-17)14-15-4-2-1-3-5-15/h1-9,17,19H,10-14H2,(H,21,22,23). The van der Waals surface area contributed by atoms with Crippen LogP contribution in [0, 0.1) is 0 Å². The molecule has 3 rings (SSSR count). The maximum Gasteiger partial charge on any atom is 0.294 e. The van der Waals surface area contributed by atoms with Gasteiger partial charge in [-0.15, -0.1) is 0 Å². The summed E-state index contributed by atoms with van der Waals surface area (Å²) >= 11 is 0. The molecule has 2 N–H and O–H groups in total. The largest absolute Gasteiger partial charge is 0.382 e. The second-order valence-corrected chi connectivity index (χ2v) is 7.60. The summed E-state index contributed by atoms with van der Waals surface area (Å²) in [7, 11) is -4.12. The van der Waals surface area contributed by atoms with Crippen molar-refractivity contribution in [2.75, 3.05) is 18.4 Å². The first-order valence-corrected chi connectivity index (χ1v) is 9.55. The third-order valence-corrected chi connectivity index (χ3v) is 5.23. The van der Waals surface area contributed by atoms with Gasteiger partial charge in [0.25, 0.3) is 10.1 Å². The van der Waals surface area contributed by atoms with Crippen molar-refractivity contribution < 1.29 is 13.0 Å². The number of piperidine rings is 1. The second-order valence-electron chi connectivity index (χ2n) is 6.18. The van der Waals surface area contributed by atoms with Crippen LogP contribution in [-0.4, -0.2) is 37.0 Å². The Kier molecular flexibility index (Phi) is 5.18. The Hall–Kier alpha value is -1.89. The Morgan fingerprint density at radius 3 is 2.21 bits per heavy atom. The van der Waals surface area contributed by atoms with Gasteiger partial charge in [0.2, 0.25) is 0 Å². The maximum absolute atomic E-state index is 11.0. The Labute approximate surface area is 143 Å². The van der Waals surface area contributed by atoms with Gasteiger partial charge >= 0.3 is 0 Å². The molecule has 1 fully saturated rings. The van der Waals surface area contributed by atoms with E-state index in [1.807, 2.05) is 6.07 Å². The Morgan fingerprint density at radius 2 is 1.62 bits per heavy atom. The molecule has 0 amide bonds. The number of nitrogens with one attached hydrogen (secondary N) is 1. The Morgan fingerprint density at radius 1 is 1.00 bits per heavy atom. The molecule has 1 heterocycles. The predicted molar refractivity (Wildman–Crippen MR) is 94.6 cm³/mol. The van der Waals surface area contributed by atoms with Crippen LogP contribution < -0.4 is 5.32 Å². The van der Waals surface area contributed by atoms with Crippen LogP contribution in [0.5, 0.6) is 0 Å². The molecule has 24 heavy (non-hydrogen) atoms. The summed E-state index contributed by atoms with van der Waals surface area (Å²) in [5, 5.41) is 3.44. The number of anilines is 1. The molecule has 128 valence electrons. The molecule has 0 saturated carbocycles. The van der Waals surface area contributed by atoms with Gasteiger partial charge in [-0.1, -0.05) is 30.3 Å². The van der Waals surface area contributed by atoms with Crippen LogP contribution in [0.4, 0.5) is 5.69 Å². The molecule has 1 aliphatic heterocycles. The smallest absolute Gasteiger partial charge is 0.294 e. The minimum atomic E-state index is -4.12. The van der Waals surface area contributed by atoms with Crippen molar-refractivity contribution in [1.82, 2.24) is 4.90 Å². The molecule has 0 bridgehead atoms. The fraction of sp³-hybridized carbons (Fsp3) is 0.333. The number of likely N-dealkylation sites (tertiary alicyclic amines) is 1. The van der Waals surface area contributed by atoms with Crippen LogP contribution in [-0.2, 0) is 16.7 Å². The van der Waals surface area contributed by atoms with E-state index in [1.165, 1.54) is 17.7 Å². The third-order valence-electron chi connectivity index (χ3n) is 4.36. The molecule has 1 aliphatic rings. The van der Waals surface area contributed by atoms with E-state index in [1.54, 1.807) is 12.1 Å². The van der Waals surface area contributed by atoms with Crippen molar-refractivity contribution in [1.29, 1.82) is 0 Å². The second kappa shape index (κ2) is 7.34. The molecular weight excluding hydrogens is 324 g/mol. The lowest BCUT2D eigenvalue weighted by molar-refractivity contribution is 0.211. The predicted octanol–water partition coefficient (Wildman–Crippen LogP) is 3.01. The molecule has 0 atom stereocenters. The van der Waals surface area contributed by atoms with E-state index < -0.39 is 10.1 Å². The van der Waals surface area contributed by atoms with Crippen LogP contribution >= 0.6 is 0 Å². The number of hydrogen-bond donors (Lipinski definition) is 2. The van der Waals surface area contributed by atoms with Crippen molar-refractivity contribution in [2.24, 2.45) is 0 Å². The Bertz CT molecular complexity index is 753. The van der Waals surface area contributed by atoms with E-state index in [4.69, 9.17) is 4.55 Å². The molecule has 0 aliphatic carbocycles. The van der Waals surface area contributed by atoms with Crippen molar-refractivity contribution >= 4 is 15.8 Å². The maximum atomic E-state index is 11.0. The number of hydrogen-bond acceptors (Lipinski definition) is 4. The van der Waals surface area contributed by atoms with Crippen LogP contribution in [0.1, 0.15) is 18.4 Å². The highest BCUT2D eigenvalue weighted by Gasteiger charge is 2.19. The van der Waals surface area contributed by atoms with Gasteiger partial charge < -0.3 is 5.32 Å². The lowest BCUT2D eigenvalue weighted by atomic mass is 10.0. The molecule has 0 unspecified atom stereocenters. The summed E-state index contributed by atoms with van der Waals surface area (Å²) in [5.41, 5.74) is 2.22. The van der Waals surface area contributed by atoms with Gasteiger partial charge in [0.15, 0.2) is 0 Å². The summed E-state index contributed by atoms with van der Waals surface area (Å²) in [4.78, 5) is 2.38. The first-order valence-electron chi connectivity index (χ1n) is 8.11. The fourth-order valence-corrected chi connectivity index (χ4v) is 3.52. The zero-order chi connectivity index (χ0) is 17.0. The van der Waals surface area contributed by atoms with Gasteiger partial charge in [0, 0.05) is 31.4 Å². The highest BCUT2D eigenvalue weighted by atomic mass is 32.2. The minimum absolute atomic E-state index is 0.0780. The number of nitrogens with zero attached hydrogens (tertiary/aromatic N) is 1. The van der Waals surface area contributed by atoms with Gasteiger partial charge in [-0.2, -0.15) is 8.42 Å². The molecule has 2 aromatic rings. The quantitative estimate of drug-likeness (QED) is 0.815.